The third kappa shape index (κ3) is 5.96. The maximum Gasteiger partial charge on any atom is 0.255 e. The van der Waals surface area contributed by atoms with Gasteiger partial charge in [-0.1, -0.05) is 57.9 Å². The summed E-state index contributed by atoms with van der Waals surface area (Å²) in [6.07, 6.45) is 3.45. The standard InChI is InChI=1S/C24H19BrClN3O2/c25-20-9-7-17(8-10-20)14-29-15-22(13-27-29)28-24(30)19-4-1-3-18(11-19)16-31-23-6-2-5-21(26)12-23/h1-13,15H,14,16H2,(H,28,30). The minimum absolute atomic E-state index is 0.201. The lowest BCUT2D eigenvalue weighted by atomic mass is 10.1. The van der Waals surface area contributed by atoms with Gasteiger partial charge in [0.2, 0.25) is 0 Å². The molecular formula is C24H19BrClN3O2. The molecule has 1 aromatic heterocycles. The fraction of sp³-hybridized carbons (Fsp3) is 0.0833. The van der Waals surface area contributed by atoms with E-state index in [1.807, 2.05) is 60.8 Å². The van der Waals surface area contributed by atoms with Crippen molar-refractivity contribution in [2.45, 2.75) is 13.2 Å². The van der Waals surface area contributed by atoms with Gasteiger partial charge < -0.3 is 10.1 Å². The first-order valence-corrected chi connectivity index (χ1v) is 10.8. The van der Waals surface area contributed by atoms with E-state index < -0.39 is 0 Å². The van der Waals surface area contributed by atoms with E-state index in [9.17, 15) is 4.79 Å². The summed E-state index contributed by atoms with van der Waals surface area (Å²) >= 11 is 9.41. The van der Waals surface area contributed by atoms with E-state index in [4.69, 9.17) is 16.3 Å². The molecule has 156 valence electrons. The van der Waals surface area contributed by atoms with Gasteiger partial charge in [-0.25, -0.2) is 0 Å². The largest absolute Gasteiger partial charge is 0.489 e. The first-order chi connectivity index (χ1) is 15.0. The van der Waals surface area contributed by atoms with Crippen LogP contribution in [-0.2, 0) is 13.2 Å². The van der Waals surface area contributed by atoms with Crippen LogP contribution in [0, 0.1) is 0 Å². The molecule has 3 aromatic carbocycles. The number of nitrogens with zero attached hydrogens (tertiary/aromatic N) is 2. The number of hydrogen-bond acceptors (Lipinski definition) is 3. The molecule has 0 radical (unpaired) electrons. The lowest BCUT2D eigenvalue weighted by molar-refractivity contribution is 0.102. The molecule has 5 nitrogen and oxygen atoms in total. The molecule has 31 heavy (non-hydrogen) atoms. The van der Waals surface area contributed by atoms with Crippen LogP contribution in [0.2, 0.25) is 5.02 Å². The van der Waals surface area contributed by atoms with Gasteiger partial charge in [0.05, 0.1) is 18.4 Å². The molecule has 1 N–H and O–H groups in total. The minimum Gasteiger partial charge on any atom is -0.489 e. The molecular weight excluding hydrogens is 478 g/mol. The molecule has 4 rings (SSSR count). The second-order valence-electron chi connectivity index (χ2n) is 6.95. The van der Waals surface area contributed by atoms with Crippen molar-refractivity contribution in [3.63, 3.8) is 0 Å². The molecule has 0 saturated carbocycles. The fourth-order valence-electron chi connectivity index (χ4n) is 3.02. The zero-order valence-electron chi connectivity index (χ0n) is 16.5. The zero-order chi connectivity index (χ0) is 21.6. The number of rotatable bonds is 7. The van der Waals surface area contributed by atoms with E-state index in [-0.39, 0.29) is 5.91 Å². The van der Waals surface area contributed by atoms with E-state index >= 15 is 0 Å². The van der Waals surface area contributed by atoms with Crippen molar-refractivity contribution in [1.82, 2.24) is 9.78 Å². The monoisotopic (exact) mass is 495 g/mol. The second kappa shape index (κ2) is 9.81. The Balaban J connectivity index is 1.37. The molecule has 7 heteroatoms. The Kier molecular flexibility index (Phi) is 6.70. The highest BCUT2D eigenvalue weighted by atomic mass is 79.9. The number of hydrogen-bond donors (Lipinski definition) is 1. The lowest BCUT2D eigenvalue weighted by Crippen LogP contribution is -2.12. The van der Waals surface area contributed by atoms with Crippen molar-refractivity contribution in [2.24, 2.45) is 0 Å². The van der Waals surface area contributed by atoms with Crippen LogP contribution in [0.1, 0.15) is 21.5 Å². The summed E-state index contributed by atoms with van der Waals surface area (Å²) in [5.41, 5.74) is 3.20. The maximum absolute atomic E-state index is 12.7. The van der Waals surface area contributed by atoms with Gasteiger partial charge in [0.15, 0.2) is 0 Å². The van der Waals surface area contributed by atoms with E-state index in [1.54, 1.807) is 29.1 Å². The smallest absolute Gasteiger partial charge is 0.255 e. The Bertz CT molecular complexity index is 1190. The number of aromatic nitrogens is 2. The van der Waals surface area contributed by atoms with Crippen LogP contribution >= 0.6 is 27.5 Å². The van der Waals surface area contributed by atoms with E-state index in [0.29, 0.717) is 35.2 Å². The van der Waals surface area contributed by atoms with Crippen molar-refractivity contribution in [3.8, 4) is 5.75 Å². The number of carbonyl (C=O) groups is 1. The third-order valence-electron chi connectivity index (χ3n) is 4.54. The van der Waals surface area contributed by atoms with Crippen LogP contribution in [0.15, 0.2) is 89.7 Å². The number of nitrogens with one attached hydrogen (secondary N) is 1. The molecule has 0 aliphatic rings. The first kappa shape index (κ1) is 21.2. The number of anilines is 1. The van der Waals surface area contributed by atoms with Crippen LogP contribution < -0.4 is 10.1 Å². The Labute approximate surface area is 193 Å². The summed E-state index contributed by atoms with van der Waals surface area (Å²) in [6, 6.07) is 22.6. The van der Waals surface area contributed by atoms with Gasteiger partial charge in [0.1, 0.15) is 12.4 Å². The fourth-order valence-corrected chi connectivity index (χ4v) is 3.47. The Hall–Kier alpha value is -3.09. The zero-order valence-corrected chi connectivity index (χ0v) is 18.8. The van der Waals surface area contributed by atoms with Crippen LogP contribution in [-0.4, -0.2) is 15.7 Å². The molecule has 0 fully saturated rings. The molecule has 0 aliphatic carbocycles. The predicted octanol–water partition coefficient (Wildman–Crippen LogP) is 6.18. The number of ether oxygens (including phenoxy) is 1. The number of amides is 1. The normalized spacial score (nSPS) is 10.6. The molecule has 0 spiro atoms. The minimum atomic E-state index is -0.201. The van der Waals surface area contributed by atoms with Gasteiger partial charge >= 0.3 is 0 Å². The van der Waals surface area contributed by atoms with Crippen molar-refractivity contribution >= 4 is 39.1 Å². The highest BCUT2D eigenvalue weighted by Gasteiger charge is 2.09. The Morgan fingerprint density at radius 2 is 1.84 bits per heavy atom. The third-order valence-corrected chi connectivity index (χ3v) is 5.30. The van der Waals surface area contributed by atoms with E-state index in [1.165, 1.54) is 0 Å². The van der Waals surface area contributed by atoms with Gasteiger partial charge in [-0.15, -0.1) is 0 Å². The summed E-state index contributed by atoms with van der Waals surface area (Å²) in [7, 11) is 0. The van der Waals surface area contributed by atoms with Gasteiger partial charge in [-0.05, 0) is 53.6 Å². The average molecular weight is 497 g/mol. The van der Waals surface area contributed by atoms with Crippen LogP contribution in [0.4, 0.5) is 5.69 Å². The molecule has 1 amide bonds. The number of halogens is 2. The van der Waals surface area contributed by atoms with Gasteiger partial charge in [0, 0.05) is 21.3 Å². The van der Waals surface area contributed by atoms with Gasteiger partial charge in [-0.3, -0.25) is 9.48 Å². The SMILES string of the molecule is O=C(Nc1cnn(Cc2ccc(Br)cc2)c1)c1cccc(COc2cccc(Cl)c2)c1. The maximum atomic E-state index is 12.7. The van der Waals surface area contributed by atoms with Crippen molar-refractivity contribution in [1.29, 1.82) is 0 Å². The van der Waals surface area contributed by atoms with Crippen LogP contribution in [0.25, 0.3) is 0 Å². The van der Waals surface area contributed by atoms with Gasteiger partial charge in [-0.2, -0.15) is 5.10 Å². The predicted molar refractivity (Wildman–Crippen MR) is 126 cm³/mol. The summed E-state index contributed by atoms with van der Waals surface area (Å²) in [6.45, 7) is 0.964. The molecule has 0 saturated heterocycles. The average Bonchev–Trinajstić information content (AvgIpc) is 3.21. The van der Waals surface area contributed by atoms with Crippen molar-refractivity contribution in [2.75, 3.05) is 5.32 Å². The Morgan fingerprint density at radius 3 is 2.65 bits per heavy atom. The first-order valence-electron chi connectivity index (χ1n) is 9.61. The van der Waals surface area contributed by atoms with Crippen LogP contribution in [0.5, 0.6) is 5.75 Å². The molecule has 4 aromatic rings. The second-order valence-corrected chi connectivity index (χ2v) is 8.31. The number of benzene rings is 3. The molecule has 0 unspecified atom stereocenters. The molecule has 0 aliphatic heterocycles. The quantitative estimate of drug-likeness (QED) is 0.332. The summed E-state index contributed by atoms with van der Waals surface area (Å²) < 4.78 is 8.58. The van der Waals surface area contributed by atoms with Crippen molar-refractivity contribution in [3.05, 3.63) is 111 Å². The molecule has 0 bridgehead atoms. The van der Waals surface area contributed by atoms with E-state index in [2.05, 4.69) is 26.3 Å². The van der Waals surface area contributed by atoms with E-state index in [0.717, 1.165) is 15.6 Å². The summed E-state index contributed by atoms with van der Waals surface area (Å²) in [4.78, 5) is 12.7. The van der Waals surface area contributed by atoms with Crippen LogP contribution in [0.3, 0.4) is 0 Å². The summed E-state index contributed by atoms with van der Waals surface area (Å²) in [5.74, 6) is 0.480. The van der Waals surface area contributed by atoms with Gasteiger partial charge in [0.25, 0.3) is 5.91 Å². The molecule has 1 heterocycles. The lowest BCUT2D eigenvalue weighted by Gasteiger charge is -2.08. The Morgan fingerprint density at radius 1 is 1.03 bits per heavy atom. The highest BCUT2D eigenvalue weighted by molar-refractivity contribution is 9.10. The number of carbonyl (C=O) groups excluding carboxylic acids is 1. The molecule has 0 atom stereocenters. The van der Waals surface area contributed by atoms with Crippen molar-refractivity contribution < 1.29 is 9.53 Å². The summed E-state index contributed by atoms with van der Waals surface area (Å²) in [5, 5.41) is 7.84. The topological polar surface area (TPSA) is 56.2 Å². The highest BCUT2D eigenvalue weighted by Crippen LogP contribution is 2.19.